The van der Waals surface area contributed by atoms with E-state index in [0.29, 0.717) is 12.3 Å². The van der Waals surface area contributed by atoms with Crippen LogP contribution in [-0.4, -0.2) is 10.9 Å². The topological polar surface area (TPSA) is 55.1 Å². The summed E-state index contributed by atoms with van der Waals surface area (Å²) in [7, 11) is 0. The number of carbonyl (C=O) groups is 1. The van der Waals surface area contributed by atoms with E-state index in [1.54, 1.807) is 0 Å². The SMILES string of the molecule is CCCCCC(=O)Nc1cc(-c2nc3cc(C)c(C)cc3o2)ccc1C. The van der Waals surface area contributed by atoms with E-state index in [2.05, 4.69) is 31.1 Å². The standard InChI is InChI=1S/C22H26N2O2/c1-5-6-7-8-21(25)23-18-13-17(10-9-14(18)2)22-24-19-11-15(3)16(4)12-20(19)26-22/h9-13H,5-8H2,1-4H3,(H,23,25). The maximum absolute atomic E-state index is 12.2. The largest absolute Gasteiger partial charge is 0.436 e. The van der Waals surface area contributed by atoms with Crippen molar-refractivity contribution in [2.24, 2.45) is 0 Å². The van der Waals surface area contributed by atoms with E-state index in [0.717, 1.165) is 47.2 Å². The van der Waals surface area contributed by atoms with Gasteiger partial charge in [0, 0.05) is 17.7 Å². The molecule has 1 amide bonds. The van der Waals surface area contributed by atoms with Gasteiger partial charge < -0.3 is 9.73 Å². The Morgan fingerprint density at radius 3 is 2.58 bits per heavy atom. The molecule has 0 aliphatic rings. The number of benzene rings is 2. The van der Waals surface area contributed by atoms with Crippen LogP contribution in [0.15, 0.2) is 34.7 Å². The van der Waals surface area contributed by atoms with Crippen LogP contribution in [0, 0.1) is 20.8 Å². The fourth-order valence-corrected chi connectivity index (χ4v) is 2.94. The van der Waals surface area contributed by atoms with E-state index in [-0.39, 0.29) is 5.91 Å². The molecule has 0 radical (unpaired) electrons. The number of aromatic nitrogens is 1. The second-order valence-electron chi connectivity index (χ2n) is 6.96. The highest BCUT2D eigenvalue weighted by molar-refractivity contribution is 5.92. The molecule has 4 nitrogen and oxygen atoms in total. The molecular formula is C22H26N2O2. The zero-order chi connectivity index (χ0) is 18.7. The molecular weight excluding hydrogens is 324 g/mol. The number of aryl methyl sites for hydroxylation is 3. The van der Waals surface area contributed by atoms with Crippen molar-refractivity contribution >= 4 is 22.7 Å². The van der Waals surface area contributed by atoms with Crippen LogP contribution in [0.3, 0.4) is 0 Å². The van der Waals surface area contributed by atoms with Crippen LogP contribution >= 0.6 is 0 Å². The molecule has 26 heavy (non-hydrogen) atoms. The van der Waals surface area contributed by atoms with Gasteiger partial charge in [-0.1, -0.05) is 25.8 Å². The number of unbranched alkanes of at least 4 members (excludes halogenated alkanes) is 2. The summed E-state index contributed by atoms with van der Waals surface area (Å²) in [5, 5.41) is 3.02. The number of carbonyl (C=O) groups excluding carboxylic acids is 1. The van der Waals surface area contributed by atoms with Gasteiger partial charge in [-0.3, -0.25) is 4.79 Å². The summed E-state index contributed by atoms with van der Waals surface area (Å²) in [6, 6.07) is 9.97. The highest BCUT2D eigenvalue weighted by Crippen LogP contribution is 2.29. The number of hydrogen-bond acceptors (Lipinski definition) is 3. The highest BCUT2D eigenvalue weighted by atomic mass is 16.3. The molecule has 0 aliphatic heterocycles. The molecule has 1 heterocycles. The van der Waals surface area contributed by atoms with Gasteiger partial charge in [0.1, 0.15) is 5.52 Å². The van der Waals surface area contributed by atoms with Gasteiger partial charge >= 0.3 is 0 Å². The number of oxazole rings is 1. The molecule has 3 rings (SSSR count). The first-order valence-electron chi connectivity index (χ1n) is 9.26. The first-order chi connectivity index (χ1) is 12.5. The van der Waals surface area contributed by atoms with Crippen molar-refractivity contribution in [3.8, 4) is 11.5 Å². The second kappa shape index (κ2) is 7.73. The Hall–Kier alpha value is -2.62. The minimum absolute atomic E-state index is 0.0579. The molecule has 0 atom stereocenters. The molecule has 0 saturated carbocycles. The lowest BCUT2D eigenvalue weighted by molar-refractivity contribution is -0.116. The maximum Gasteiger partial charge on any atom is 0.227 e. The third-order valence-electron chi connectivity index (χ3n) is 4.77. The number of rotatable bonds is 6. The smallest absolute Gasteiger partial charge is 0.227 e. The quantitative estimate of drug-likeness (QED) is 0.560. The predicted molar refractivity (Wildman–Crippen MR) is 106 cm³/mol. The fourth-order valence-electron chi connectivity index (χ4n) is 2.94. The van der Waals surface area contributed by atoms with Crippen molar-refractivity contribution < 1.29 is 9.21 Å². The number of hydrogen-bond donors (Lipinski definition) is 1. The minimum atomic E-state index is 0.0579. The van der Waals surface area contributed by atoms with Crippen molar-refractivity contribution in [3.05, 3.63) is 47.0 Å². The van der Waals surface area contributed by atoms with Crippen molar-refractivity contribution in [1.82, 2.24) is 4.98 Å². The van der Waals surface area contributed by atoms with Gasteiger partial charge in [0.05, 0.1) is 0 Å². The van der Waals surface area contributed by atoms with Gasteiger partial charge in [0.25, 0.3) is 0 Å². The molecule has 0 saturated heterocycles. The molecule has 0 unspecified atom stereocenters. The lowest BCUT2D eigenvalue weighted by atomic mass is 10.1. The average Bonchev–Trinajstić information content (AvgIpc) is 3.00. The third-order valence-corrected chi connectivity index (χ3v) is 4.77. The van der Waals surface area contributed by atoms with Crippen LogP contribution < -0.4 is 5.32 Å². The summed E-state index contributed by atoms with van der Waals surface area (Å²) in [5.41, 5.74) is 6.73. The van der Waals surface area contributed by atoms with Gasteiger partial charge in [-0.05, 0) is 68.1 Å². The normalized spacial score (nSPS) is 11.1. The predicted octanol–water partition coefficient (Wildman–Crippen LogP) is 5.94. The highest BCUT2D eigenvalue weighted by Gasteiger charge is 2.12. The number of amides is 1. The first kappa shape index (κ1) is 18.2. The average molecular weight is 350 g/mol. The number of anilines is 1. The Balaban J connectivity index is 1.86. The molecule has 136 valence electrons. The van der Waals surface area contributed by atoms with Crippen molar-refractivity contribution in [2.75, 3.05) is 5.32 Å². The number of nitrogens with one attached hydrogen (secondary N) is 1. The summed E-state index contributed by atoms with van der Waals surface area (Å²) < 4.78 is 5.95. The van der Waals surface area contributed by atoms with Crippen LogP contribution in [0.4, 0.5) is 5.69 Å². The molecule has 0 bridgehead atoms. The van der Waals surface area contributed by atoms with E-state index in [4.69, 9.17) is 4.42 Å². The van der Waals surface area contributed by atoms with Crippen LogP contribution in [0.5, 0.6) is 0 Å². The van der Waals surface area contributed by atoms with Crippen molar-refractivity contribution in [2.45, 2.75) is 53.4 Å². The minimum Gasteiger partial charge on any atom is -0.436 e. The molecule has 1 N–H and O–H groups in total. The summed E-state index contributed by atoms with van der Waals surface area (Å²) in [6.45, 7) is 8.26. The number of fused-ring (bicyclic) bond motifs is 1. The maximum atomic E-state index is 12.2. The third kappa shape index (κ3) is 3.96. The molecule has 4 heteroatoms. The van der Waals surface area contributed by atoms with E-state index in [1.807, 2.05) is 37.3 Å². The first-order valence-corrected chi connectivity index (χ1v) is 9.26. The molecule has 2 aromatic carbocycles. The molecule has 0 fully saturated rings. The Bertz CT molecular complexity index is 902. The van der Waals surface area contributed by atoms with Crippen LogP contribution in [0.25, 0.3) is 22.6 Å². The van der Waals surface area contributed by atoms with E-state index in [9.17, 15) is 4.79 Å². The van der Waals surface area contributed by atoms with Crippen LogP contribution in [0.1, 0.15) is 49.3 Å². The summed E-state index contributed by atoms with van der Waals surface area (Å²) in [6.07, 6.45) is 3.66. The lowest BCUT2D eigenvalue weighted by Gasteiger charge is -2.09. The Morgan fingerprint density at radius 2 is 1.81 bits per heavy atom. The van der Waals surface area contributed by atoms with Gasteiger partial charge in [0.15, 0.2) is 5.58 Å². The van der Waals surface area contributed by atoms with Gasteiger partial charge in [-0.25, -0.2) is 4.98 Å². The summed E-state index contributed by atoms with van der Waals surface area (Å²) >= 11 is 0. The van der Waals surface area contributed by atoms with Gasteiger partial charge in [0.2, 0.25) is 11.8 Å². The zero-order valence-corrected chi connectivity index (χ0v) is 16.0. The Labute approximate surface area is 154 Å². The van der Waals surface area contributed by atoms with Crippen LogP contribution in [-0.2, 0) is 4.79 Å². The second-order valence-corrected chi connectivity index (χ2v) is 6.96. The van der Waals surface area contributed by atoms with Crippen LogP contribution in [0.2, 0.25) is 0 Å². The fraction of sp³-hybridized carbons (Fsp3) is 0.364. The van der Waals surface area contributed by atoms with E-state index in [1.165, 1.54) is 11.1 Å². The molecule has 0 spiro atoms. The Morgan fingerprint density at radius 1 is 1.04 bits per heavy atom. The van der Waals surface area contributed by atoms with E-state index < -0.39 is 0 Å². The monoisotopic (exact) mass is 350 g/mol. The van der Waals surface area contributed by atoms with Crippen molar-refractivity contribution in [3.63, 3.8) is 0 Å². The molecule has 0 aliphatic carbocycles. The van der Waals surface area contributed by atoms with Gasteiger partial charge in [-0.15, -0.1) is 0 Å². The van der Waals surface area contributed by atoms with E-state index >= 15 is 0 Å². The molecule has 1 aromatic heterocycles. The zero-order valence-electron chi connectivity index (χ0n) is 16.0. The van der Waals surface area contributed by atoms with Gasteiger partial charge in [-0.2, -0.15) is 0 Å². The molecule has 3 aromatic rings. The summed E-state index contributed by atoms with van der Waals surface area (Å²) in [4.78, 5) is 16.8. The Kier molecular flexibility index (Phi) is 5.40. The lowest BCUT2D eigenvalue weighted by Crippen LogP contribution is -2.12. The number of nitrogens with zero attached hydrogens (tertiary/aromatic N) is 1. The summed E-state index contributed by atoms with van der Waals surface area (Å²) in [5.74, 6) is 0.633. The van der Waals surface area contributed by atoms with Crippen molar-refractivity contribution in [1.29, 1.82) is 0 Å².